The van der Waals surface area contributed by atoms with Crippen molar-refractivity contribution in [1.82, 2.24) is 14.3 Å². The van der Waals surface area contributed by atoms with Gasteiger partial charge in [-0.25, -0.2) is 4.98 Å². The van der Waals surface area contributed by atoms with Crippen LogP contribution in [-0.2, 0) is 0 Å². The molecule has 0 aliphatic carbocycles. The van der Waals surface area contributed by atoms with Crippen molar-refractivity contribution in [3.8, 4) is 11.3 Å². The molecule has 1 aliphatic rings. The van der Waals surface area contributed by atoms with Crippen molar-refractivity contribution < 1.29 is 0 Å². The minimum Gasteiger partial charge on any atom is -0.382 e. The Labute approximate surface area is 133 Å². The smallest absolute Gasteiger partial charge is 0.148 e. The van der Waals surface area contributed by atoms with Gasteiger partial charge in [-0.15, -0.1) is 11.3 Å². The van der Waals surface area contributed by atoms with E-state index in [0.29, 0.717) is 11.9 Å². The average molecular weight is 323 g/mol. The van der Waals surface area contributed by atoms with Crippen LogP contribution in [0.4, 0.5) is 10.8 Å². The van der Waals surface area contributed by atoms with E-state index in [0.717, 1.165) is 34.4 Å². The van der Waals surface area contributed by atoms with Gasteiger partial charge >= 0.3 is 0 Å². The maximum atomic E-state index is 6.10. The largest absolute Gasteiger partial charge is 0.382 e. The number of hydrogen-bond donors (Lipinski definition) is 1. The van der Waals surface area contributed by atoms with Crippen molar-refractivity contribution in [2.45, 2.75) is 25.8 Å². The van der Waals surface area contributed by atoms with E-state index in [2.05, 4.69) is 38.6 Å². The molecule has 0 amide bonds. The van der Waals surface area contributed by atoms with E-state index in [1.165, 1.54) is 24.4 Å². The summed E-state index contributed by atoms with van der Waals surface area (Å²) >= 11 is 3.14. The summed E-state index contributed by atoms with van der Waals surface area (Å²) in [6.07, 6.45) is 2.36. The zero-order chi connectivity index (χ0) is 15.0. The van der Waals surface area contributed by atoms with E-state index >= 15 is 0 Å². The van der Waals surface area contributed by atoms with Crippen LogP contribution in [0.15, 0.2) is 5.38 Å². The van der Waals surface area contributed by atoms with Gasteiger partial charge in [-0.3, -0.25) is 0 Å². The highest BCUT2D eigenvalue weighted by Crippen LogP contribution is 2.40. The second kappa shape index (κ2) is 5.90. The predicted octanol–water partition coefficient (Wildman–Crippen LogP) is 2.69. The number of nitrogen functional groups attached to an aromatic ring is 1. The summed E-state index contributed by atoms with van der Waals surface area (Å²) in [5.41, 5.74) is 8.06. The molecule has 1 fully saturated rings. The number of nitrogens with two attached hydrogens (primary N) is 1. The van der Waals surface area contributed by atoms with Crippen LogP contribution in [0, 0.1) is 6.92 Å². The van der Waals surface area contributed by atoms with Gasteiger partial charge in [0, 0.05) is 18.5 Å². The minimum atomic E-state index is 0.555. The first-order valence-electron chi connectivity index (χ1n) is 7.15. The predicted molar refractivity (Wildman–Crippen MR) is 91.3 cm³/mol. The molecule has 7 heteroatoms. The maximum Gasteiger partial charge on any atom is 0.148 e. The third-order valence-electron chi connectivity index (χ3n) is 4.13. The molecule has 2 aromatic heterocycles. The van der Waals surface area contributed by atoms with E-state index < -0.39 is 0 Å². The maximum absolute atomic E-state index is 6.10. The van der Waals surface area contributed by atoms with Crippen LogP contribution >= 0.6 is 22.9 Å². The fraction of sp³-hybridized carbons (Fsp3) is 0.571. The van der Waals surface area contributed by atoms with Gasteiger partial charge in [0.15, 0.2) is 0 Å². The molecule has 0 bridgehead atoms. The van der Waals surface area contributed by atoms with Gasteiger partial charge < -0.3 is 15.5 Å². The van der Waals surface area contributed by atoms with Crippen LogP contribution in [0.25, 0.3) is 11.3 Å². The Bertz CT molecular complexity index is 613. The van der Waals surface area contributed by atoms with E-state index in [1.807, 2.05) is 6.92 Å². The van der Waals surface area contributed by atoms with Gasteiger partial charge in [0.25, 0.3) is 0 Å². The molecule has 21 heavy (non-hydrogen) atoms. The fourth-order valence-electron chi connectivity index (χ4n) is 2.80. The number of hydrogen-bond acceptors (Lipinski definition) is 7. The van der Waals surface area contributed by atoms with Crippen LogP contribution in [0.3, 0.4) is 0 Å². The number of likely N-dealkylation sites (tertiary alicyclic amines) is 1. The summed E-state index contributed by atoms with van der Waals surface area (Å²) in [5.74, 6) is 0.597. The van der Waals surface area contributed by atoms with E-state index in [-0.39, 0.29) is 0 Å². The lowest BCUT2D eigenvalue weighted by Crippen LogP contribution is -2.41. The molecule has 0 saturated carbocycles. The Balaban J connectivity index is 1.89. The Morgan fingerprint density at radius 2 is 2.10 bits per heavy atom. The van der Waals surface area contributed by atoms with Crippen molar-refractivity contribution in [2.24, 2.45) is 0 Å². The van der Waals surface area contributed by atoms with Gasteiger partial charge in [0.2, 0.25) is 0 Å². The molecule has 0 aromatic carbocycles. The summed E-state index contributed by atoms with van der Waals surface area (Å²) in [5, 5.41) is 4.28. The van der Waals surface area contributed by atoms with Crippen LogP contribution in [0.1, 0.15) is 17.8 Å². The zero-order valence-corrected chi connectivity index (χ0v) is 14.3. The molecule has 0 atom stereocenters. The number of piperidine rings is 1. The third-order valence-corrected chi connectivity index (χ3v) is 5.86. The summed E-state index contributed by atoms with van der Waals surface area (Å²) in [7, 11) is 4.34. The van der Waals surface area contributed by atoms with Crippen LogP contribution in [0.5, 0.6) is 0 Å². The minimum absolute atomic E-state index is 0.555. The number of rotatable bonds is 3. The fourth-order valence-corrected chi connectivity index (χ4v) is 4.26. The highest BCUT2D eigenvalue weighted by molar-refractivity contribution is 7.11. The molecule has 0 unspecified atom stereocenters. The first-order chi connectivity index (χ1) is 10.1. The van der Waals surface area contributed by atoms with Gasteiger partial charge in [-0.1, -0.05) is 0 Å². The number of thiazole rings is 1. The first-order valence-corrected chi connectivity index (χ1v) is 8.80. The van der Waals surface area contributed by atoms with Gasteiger partial charge in [0.05, 0.1) is 16.3 Å². The summed E-state index contributed by atoms with van der Waals surface area (Å²) in [4.78, 5) is 9.32. The molecule has 1 aliphatic heterocycles. The number of aromatic nitrogens is 2. The second-order valence-corrected chi connectivity index (χ2v) is 7.46. The van der Waals surface area contributed by atoms with Crippen molar-refractivity contribution in [2.75, 3.05) is 37.8 Å². The second-order valence-electron chi connectivity index (χ2n) is 5.65. The molecule has 0 spiro atoms. The molecule has 0 radical (unpaired) electrons. The molecule has 2 N–H and O–H groups in total. The van der Waals surface area contributed by atoms with Gasteiger partial charge in [-0.05, 0) is 51.4 Å². The SMILES string of the molecule is Cc1nc(-c2c(N)nsc2N(C)C2CCN(C)CC2)cs1. The van der Waals surface area contributed by atoms with Crippen molar-refractivity contribution in [3.63, 3.8) is 0 Å². The third kappa shape index (κ3) is 2.90. The van der Waals surface area contributed by atoms with Crippen molar-refractivity contribution in [1.29, 1.82) is 0 Å². The summed E-state index contributed by atoms with van der Waals surface area (Å²) in [6.45, 7) is 4.31. The number of aryl methyl sites for hydroxylation is 1. The average Bonchev–Trinajstić information content (AvgIpc) is 3.04. The molecule has 3 heterocycles. The van der Waals surface area contributed by atoms with E-state index in [4.69, 9.17) is 5.73 Å². The normalized spacial score (nSPS) is 17.3. The Morgan fingerprint density at radius 3 is 2.71 bits per heavy atom. The highest BCUT2D eigenvalue weighted by Gasteiger charge is 2.26. The lowest BCUT2D eigenvalue weighted by Gasteiger charge is -2.35. The Hall–Kier alpha value is -1.18. The van der Waals surface area contributed by atoms with Crippen molar-refractivity contribution >= 4 is 33.7 Å². The quantitative estimate of drug-likeness (QED) is 0.941. The topological polar surface area (TPSA) is 58.3 Å². The van der Waals surface area contributed by atoms with Crippen LogP contribution in [0.2, 0.25) is 0 Å². The molecule has 3 rings (SSSR count). The van der Waals surface area contributed by atoms with Crippen LogP contribution in [-0.4, -0.2) is 47.5 Å². The van der Waals surface area contributed by atoms with E-state index in [9.17, 15) is 0 Å². The molecule has 114 valence electrons. The van der Waals surface area contributed by atoms with Gasteiger partial charge in [-0.2, -0.15) is 4.37 Å². The highest BCUT2D eigenvalue weighted by atomic mass is 32.1. The zero-order valence-electron chi connectivity index (χ0n) is 12.7. The Kier molecular flexibility index (Phi) is 4.14. The monoisotopic (exact) mass is 323 g/mol. The molecular weight excluding hydrogens is 302 g/mol. The lowest BCUT2D eigenvalue weighted by molar-refractivity contribution is 0.253. The molecular formula is C14H21N5S2. The number of anilines is 2. The van der Waals surface area contributed by atoms with Crippen molar-refractivity contribution in [3.05, 3.63) is 10.4 Å². The molecule has 2 aromatic rings. The first kappa shape index (κ1) is 14.7. The van der Waals surface area contributed by atoms with Gasteiger partial charge in [0.1, 0.15) is 10.8 Å². The summed E-state index contributed by atoms with van der Waals surface area (Å²) < 4.78 is 4.37. The lowest BCUT2D eigenvalue weighted by atomic mass is 10.0. The van der Waals surface area contributed by atoms with E-state index in [1.54, 1.807) is 11.3 Å². The van der Waals surface area contributed by atoms with Crippen LogP contribution < -0.4 is 10.6 Å². The Morgan fingerprint density at radius 1 is 1.38 bits per heavy atom. The number of nitrogens with zero attached hydrogens (tertiary/aromatic N) is 4. The summed E-state index contributed by atoms with van der Waals surface area (Å²) in [6, 6.07) is 0.555. The molecule has 1 saturated heterocycles. The molecule has 5 nitrogen and oxygen atoms in total. The standard InChI is InChI=1S/C14H21N5S2/c1-9-16-11(8-20-9)12-13(15)17-21-14(12)19(3)10-4-6-18(2)7-5-10/h8,10H,4-7H2,1-3H3,(H2,15,17).